The van der Waals surface area contributed by atoms with Gasteiger partial charge in [0.15, 0.2) is 0 Å². The van der Waals surface area contributed by atoms with Gasteiger partial charge in [0.25, 0.3) is 0 Å². The Bertz CT molecular complexity index is 1610. The first-order valence-electron chi connectivity index (χ1n) is 12.6. The summed E-state index contributed by atoms with van der Waals surface area (Å²) in [5.74, 6) is -0.702. The van der Waals surface area contributed by atoms with E-state index < -0.39 is 29.6 Å². The number of rotatable bonds is 6. The highest BCUT2D eigenvalue weighted by molar-refractivity contribution is 5.76. The Hall–Kier alpha value is -4.41. The lowest BCUT2D eigenvalue weighted by molar-refractivity contribution is -0.138. The van der Waals surface area contributed by atoms with Crippen molar-refractivity contribution in [1.29, 1.82) is 0 Å². The van der Waals surface area contributed by atoms with Crippen LogP contribution in [0.3, 0.4) is 0 Å². The Labute approximate surface area is 225 Å². The first kappa shape index (κ1) is 25.8. The zero-order valence-electron chi connectivity index (χ0n) is 21.1. The quantitative estimate of drug-likeness (QED) is 0.260. The molecule has 0 unspecified atom stereocenters. The molecule has 0 saturated heterocycles. The van der Waals surface area contributed by atoms with Gasteiger partial charge >= 0.3 is 12.1 Å². The van der Waals surface area contributed by atoms with E-state index in [9.17, 15) is 18.0 Å². The Morgan fingerprint density at radius 3 is 2.55 bits per heavy atom. The number of carboxylic acid groups (broad SMARTS) is 1. The minimum atomic E-state index is -4.78. The minimum absolute atomic E-state index is 0.0749. The largest absolute Gasteiger partial charge is 0.492 e. The van der Waals surface area contributed by atoms with Crippen LogP contribution in [-0.4, -0.2) is 27.8 Å². The average molecular weight is 554 g/mol. The average Bonchev–Trinajstić information content (AvgIpc) is 3.63. The number of hydrogen-bond donors (Lipinski definition) is 1. The molecule has 2 aliphatic rings. The zero-order valence-corrected chi connectivity index (χ0v) is 21.1. The van der Waals surface area contributed by atoms with Crippen LogP contribution in [0.15, 0.2) is 53.1 Å². The maximum atomic E-state index is 15.3. The predicted molar refractivity (Wildman–Crippen MR) is 133 cm³/mol. The molecule has 7 nitrogen and oxygen atoms in total. The number of aryl methyl sites for hydroxylation is 1. The van der Waals surface area contributed by atoms with Gasteiger partial charge in [-0.05, 0) is 41.7 Å². The van der Waals surface area contributed by atoms with Crippen molar-refractivity contribution in [2.75, 3.05) is 6.61 Å². The van der Waals surface area contributed by atoms with Crippen molar-refractivity contribution < 1.29 is 41.5 Å². The van der Waals surface area contributed by atoms with Gasteiger partial charge < -0.3 is 19.1 Å². The van der Waals surface area contributed by atoms with E-state index >= 15 is 4.39 Å². The van der Waals surface area contributed by atoms with Crippen molar-refractivity contribution in [2.24, 2.45) is 0 Å². The molecular weight excluding hydrogens is 532 g/mol. The zero-order chi connectivity index (χ0) is 28.2. The molecule has 1 aromatic heterocycles. The summed E-state index contributed by atoms with van der Waals surface area (Å²) in [5, 5.41) is 12.9. The minimum Gasteiger partial charge on any atom is -0.492 e. The summed E-state index contributed by atoms with van der Waals surface area (Å²) in [6.45, 7) is 1.85. The summed E-state index contributed by atoms with van der Waals surface area (Å²) in [5.41, 5.74) is 0.791. The third kappa shape index (κ3) is 4.65. The SMILES string of the molecule is Cc1nc(-c2ccc(-c3c(C(F)(F)F)cc(F)c4c3CC[C@H]4Oc3ccc4c(c3)OC[C@H]4CC(=O)O)cc2)no1. The van der Waals surface area contributed by atoms with E-state index in [4.69, 9.17) is 19.1 Å². The van der Waals surface area contributed by atoms with Gasteiger partial charge in [0.2, 0.25) is 11.7 Å². The van der Waals surface area contributed by atoms with Crippen molar-refractivity contribution in [3.05, 3.63) is 82.5 Å². The van der Waals surface area contributed by atoms with Gasteiger partial charge in [0.05, 0.1) is 18.6 Å². The molecule has 1 N–H and O–H groups in total. The summed E-state index contributed by atoms with van der Waals surface area (Å²) in [7, 11) is 0. The molecule has 0 fully saturated rings. The van der Waals surface area contributed by atoms with Crippen molar-refractivity contribution >= 4 is 5.97 Å². The molecule has 6 rings (SSSR count). The first-order valence-corrected chi connectivity index (χ1v) is 12.6. The number of aliphatic carboxylic acids is 1. The molecule has 0 spiro atoms. The number of carboxylic acids is 1. The van der Waals surface area contributed by atoms with Crippen molar-refractivity contribution in [1.82, 2.24) is 10.1 Å². The number of fused-ring (bicyclic) bond motifs is 2. The summed E-state index contributed by atoms with van der Waals surface area (Å²) in [6, 6.07) is 11.8. The van der Waals surface area contributed by atoms with Crippen LogP contribution < -0.4 is 9.47 Å². The van der Waals surface area contributed by atoms with E-state index in [1.807, 2.05) is 0 Å². The molecule has 3 aromatic carbocycles. The third-order valence-corrected chi connectivity index (χ3v) is 7.23. The smallest absolute Gasteiger partial charge is 0.417 e. The highest BCUT2D eigenvalue weighted by Gasteiger charge is 2.40. The fraction of sp³-hybridized carbons (Fsp3) is 0.276. The van der Waals surface area contributed by atoms with Gasteiger partial charge in [-0.1, -0.05) is 35.5 Å². The van der Waals surface area contributed by atoms with Gasteiger partial charge in [0.1, 0.15) is 23.4 Å². The molecule has 1 aliphatic carbocycles. The lowest BCUT2D eigenvalue weighted by atomic mass is 9.90. The summed E-state index contributed by atoms with van der Waals surface area (Å²) in [6.07, 6.45) is -5.21. The number of aromatic nitrogens is 2. The molecule has 40 heavy (non-hydrogen) atoms. The molecular formula is C29H22F4N2O5. The van der Waals surface area contributed by atoms with Gasteiger partial charge in [-0.25, -0.2) is 4.39 Å². The van der Waals surface area contributed by atoms with E-state index in [0.717, 1.165) is 5.56 Å². The molecule has 1 aliphatic heterocycles. The Kier molecular flexibility index (Phi) is 6.24. The number of carbonyl (C=O) groups is 1. The molecule has 2 heterocycles. The Morgan fingerprint density at radius 2 is 1.88 bits per heavy atom. The van der Waals surface area contributed by atoms with Gasteiger partial charge in [0, 0.05) is 35.6 Å². The number of alkyl halides is 3. The third-order valence-electron chi connectivity index (χ3n) is 7.23. The van der Waals surface area contributed by atoms with E-state index in [0.29, 0.717) is 34.8 Å². The number of benzene rings is 3. The first-order chi connectivity index (χ1) is 19.1. The van der Waals surface area contributed by atoms with Gasteiger partial charge in [-0.3, -0.25) is 4.79 Å². The van der Waals surface area contributed by atoms with Crippen LogP contribution in [-0.2, 0) is 17.4 Å². The maximum absolute atomic E-state index is 15.3. The van der Waals surface area contributed by atoms with Crippen molar-refractivity contribution in [2.45, 2.75) is 44.4 Å². The predicted octanol–water partition coefficient (Wildman–Crippen LogP) is 6.89. The second-order valence-electron chi connectivity index (χ2n) is 9.84. The summed E-state index contributed by atoms with van der Waals surface area (Å²) < 4.78 is 74.4. The van der Waals surface area contributed by atoms with Crippen LogP contribution in [0.1, 0.15) is 53.0 Å². The molecule has 2 atom stereocenters. The second kappa shape index (κ2) is 9.65. The monoisotopic (exact) mass is 554 g/mol. The molecule has 0 saturated carbocycles. The topological polar surface area (TPSA) is 94.7 Å². The number of hydrogen-bond acceptors (Lipinski definition) is 6. The van der Waals surface area contributed by atoms with Crippen molar-refractivity contribution in [3.8, 4) is 34.0 Å². The van der Waals surface area contributed by atoms with Crippen LogP contribution in [0.5, 0.6) is 11.5 Å². The number of ether oxygens (including phenoxy) is 2. The second-order valence-corrected chi connectivity index (χ2v) is 9.84. The fourth-order valence-electron chi connectivity index (χ4n) is 5.49. The normalized spacial score (nSPS) is 17.8. The Morgan fingerprint density at radius 1 is 1.12 bits per heavy atom. The number of nitrogens with zero attached hydrogens (tertiary/aromatic N) is 2. The lowest BCUT2D eigenvalue weighted by Crippen LogP contribution is -2.12. The summed E-state index contributed by atoms with van der Waals surface area (Å²) >= 11 is 0. The van der Waals surface area contributed by atoms with E-state index in [1.165, 1.54) is 12.1 Å². The lowest BCUT2D eigenvalue weighted by Gasteiger charge is -2.21. The van der Waals surface area contributed by atoms with E-state index in [-0.39, 0.29) is 54.0 Å². The van der Waals surface area contributed by atoms with Gasteiger partial charge in [-0.2, -0.15) is 18.2 Å². The van der Waals surface area contributed by atoms with Crippen LogP contribution in [0, 0.1) is 12.7 Å². The molecule has 4 aromatic rings. The fourth-order valence-corrected chi connectivity index (χ4v) is 5.49. The molecule has 11 heteroatoms. The van der Waals surface area contributed by atoms with Crippen LogP contribution in [0.2, 0.25) is 0 Å². The van der Waals surface area contributed by atoms with Crippen LogP contribution >= 0.6 is 0 Å². The summed E-state index contributed by atoms with van der Waals surface area (Å²) in [4.78, 5) is 15.3. The van der Waals surface area contributed by atoms with Crippen LogP contribution in [0.25, 0.3) is 22.5 Å². The molecule has 206 valence electrons. The maximum Gasteiger partial charge on any atom is 0.417 e. The van der Waals surface area contributed by atoms with Gasteiger partial charge in [-0.15, -0.1) is 0 Å². The molecule has 0 radical (unpaired) electrons. The molecule has 0 amide bonds. The standard InChI is InChI=1S/C29H22F4N2O5/c1-14-34-28(35-40-14)16-4-2-15(3-5-16)26-20-8-9-23(27(20)22(30)12-21(26)29(31,32)33)39-18-6-7-19-17(10-25(36)37)13-38-24(19)11-18/h2-7,11-12,17,23H,8-10,13H2,1H3,(H,36,37)/t17-,23-/m1/s1. The Balaban J connectivity index is 1.35. The molecule has 0 bridgehead atoms. The number of halogens is 4. The van der Waals surface area contributed by atoms with E-state index in [1.54, 1.807) is 37.3 Å². The highest BCUT2D eigenvalue weighted by Crippen LogP contribution is 2.48. The van der Waals surface area contributed by atoms with Crippen LogP contribution in [0.4, 0.5) is 17.6 Å². The van der Waals surface area contributed by atoms with Crippen molar-refractivity contribution in [3.63, 3.8) is 0 Å². The van der Waals surface area contributed by atoms with E-state index in [2.05, 4.69) is 10.1 Å². The highest BCUT2D eigenvalue weighted by atomic mass is 19.4.